The van der Waals surface area contributed by atoms with Crippen LogP contribution in [0.3, 0.4) is 0 Å². The van der Waals surface area contributed by atoms with Gasteiger partial charge in [0, 0.05) is 18.0 Å². The summed E-state index contributed by atoms with van der Waals surface area (Å²) in [6.07, 6.45) is 3.53. The largest absolute Gasteiger partial charge is 0.459 e. The first-order valence-electron chi connectivity index (χ1n) is 4.41. The Morgan fingerprint density at radius 3 is 2.86 bits per heavy atom. The Kier molecular flexibility index (Phi) is 2.33. The van der Waals surface area contributed by atoms with E-state index >= 15 is 0 Å². The van der Waals surface area contributed by atoms with Crippen LogP contribution in [0.15, 0.2) is 35.0 Å². The first kappa shape index (κ1) is 8.97. The van der Waals surface area contributed by atoms with Gasteiger partial charge in [0.1, 0.15) is 18.1 Å². The molecule has 0 aliphatic rings. The molecule has 0 spiro atoms. The fraction of sp³-hybridized carbons (Fsp3) is 0.182. The van der Waals surface area contributed by atoms with Crippen LogP contribution in [-0.2, 0) is 6.61 Å². The lowest BCUT2D eigenvalue weighted by Crippen LogP contribution is -1.80. The van der Waals surface area contributed by atoms with Crippen LogP contribution in [0.5, 0.6) is 0 Å². The summed E-state index contributed by atoms with van der Waals surface area (Å²) in [5.74, 6) is 1.31. The van der Waals surface area contributed by atoms with Crippen molar-refractivity contribution in [3.05, 3.63) is 41.9 Å². The second-order valence-electron chi connectivity index (χ2n) is 3.18. The second kappa shape index (κ2) is 3.64. The van der Waals surface area contributed by atoms with E-state index in [1.165, 1.54) is 0 Å². The van der Waals surface area contributed by atoms with E-state index in [9.17, 15) is 0 Å². The van der Waals surface area contributed by atoms with E-state index in [4.69, 9.17) is 9.52 Å². The van der Waals surface area contributed by atoms with Gasteiger partial charge in [-0.1, -0.05) is 0 Å². The third-order valence-electron chi connectivity index (χ3n) is 1.98. The van der Waals surface area contributed by atoms with Crippen LogP contribution in [0, 0.1) is 6.92 Å². The molecule has 14 heavy (non-hydrogen) atoms. The Balaban J connectivity index is 2.39. The SMILES string of the molecule is Cc1cncc(-c2ccc(CO)o2)c1. The molecule has 0 aromatic carbocycles. The number of pyridine rings is 1. The van der Waals surface area contributed by atoms with Gasteiger partial charge >= 0.3 is 0 Å². The number of hydrogen-bond acceptors (Lipinski definition) is 3. The monoisotopic (exact) mass is 189 g/mol. The standard InChI is InChI=1S/C11H11NO2/c1-8-4-9(6-12-5-8)11-3-2-10(7-13)14-11/h2-6,13H,7H2,1H3. The van der Waals surface area contributed by atoms with Crippen molar-refractivity contribution in [3.8, 4) is 11.3 Å². The van der Waals surface area contributed by atoms with Crippen molar-refractivity contribution < 1.29 is 9.52 Å². The minimum atomic E-state index is -0.0702. The van der Waals surface area contributed by atoms with E-state index in [2.05, 4.69) is 4.98 Å². The third-order valence-corrected chi connectivity index (χ3v) is 1.98. The Bertz CT molecular complexity index is 434. The predicted octanol–water partition coefficient (Wildman–Crippen LogP) is 2.14. The zero-order valence-corrected chi connectivity index (χ0v) is 7.90. The molecule has 0 aliphatic carbocycles. The van der Waals surface area contributed by atoms with Gasteiger partial charge in [0.05, 0.1) is 0 Å². The summed E-state index contributed by atoms with van der Waals surface area (Å²) in [5, 5.41) is 8.84. The summed E-state index contributed by atoms with van der Waals surface area (Å²) >= 11 is 0. The maximum absolute atomic E-state index is 8.84. The topological polar surface area (TPSA) is 46.3 Å². The van der Waals surface area contributed by atoms with Crippen LogP contribution in [0.1, 0.15) is 11.3 Å². The van der Waals surface area contributed by atoms with Gasteiger partial charge in [-0.15, -0.1) is 0 Å². The van der Waals surface area contributed by atoms with Crippen LogP contribution >= 0.6 is 0 Å². The molecule has 2 aromatic rings. The fourth-order valence-electron chi connectivity index (χ4n) is 1.31. The average Bonchev–Trinajstić information content (AvgIpc) is 2.66. The Hall–Kier alpha value is -1.61. The summed E-state index contributed by atoms with van der Waals surface area (Å²) in [6, 6.07) is 5.59. The molecule has 2 rings (SSSR count). The van der Waals surface area contributed by atoms with E-state index in [-0.39, 0.29) is 6.61 Å². The highest BCUT2D eigenvalue weighted by Gasteiger charge is 2.03. The van der Waals surface area contributed by atoms with Crippen LogP contribution in [-0.4, -0.2) is 10.1 Å². The molecule has 0 radical (unpaired) electrons. The van der Waals surface area contributed by atoms with Crippen molar-refractivity contribution in [3.63, 3.8) is 0 Å². The van der Waals surface area contributed by atoms with E-state index in [0.717, 1.165) is 16.9 Å². The minimum absolute atomic E-state index is 0.0702. The van der Waals surface area contributed by atoms with Gasteiger partial charge in [-0.25, -0.2) is 0 Å². The van der Waals surface area contributed by atoms with Crippen molar-refractivity contribution >= 4 is 0 Å². The molecule has 0 unspecified atom stereocenters. The fourth-order valence-corrected chi connectivity index (χ4v) is 1.31. The van der Waals surface area contributed by atoms with Gasteiger partial charge < -0.3 is 9.52 Å². The van der Waals surface area contributed by atoms with E-state index < -0.39 is 0 Å². The molecule has 0 aliphatic heterocycles. The number of hydrogen-bond donors (Lipinski definition) is 1. The van der Waals surface area contributed by atoms with Crippen molar-refractivity contribution in [1.29, 1.82) is 0 Å². The molecule has 0 fully saturated rings. The molecule has 0 amide bonds. The van der Waals surface area contributed by atoms with Crippen LogP contribution < -0.4 is 0 Å². The summed E-state index contributed by atoms with van der Waals surface area (Å²) in [4.78, 5) is 4.07. The molecule has 0 atom stereocenters. The molecule has 2 heterocycles. The first-order chi connectivity index (χ1) is 6.79. The molecule has 0 bridgehead atoms. The summed E-state index contributed by atoms with van der Waals surface area (Å²) in [5.41, 5.74) is 2.02. The molecular formula is C11H11NO2. The first-order valence-corrected chi connectivity index (χ1v) is 4.41. The van der Waals surface area contributed by atoms with Gasteiger partial charge in [-0.05, 0) is 30.7 Å². The Labute approximate surface area is 82.0 Å². The van der Waals surface area contributed by atoms with Gasteiger partial charge in [0.25, 0.3) is 0 Å². The highest BCUT2D eigenvalue weighted by molar-refractivity contribution is 5.56. The number of rotatable bonds is 2. The highest BCUT2D eigenvalue weighted by atomic mass is 16.4. The van der Waals surface area contributed by atoms with E-state index in [0.29, 0.717) is 5.76 Å². The molecule has 1 N–H and O–H groups in total. The number of aliphatic hydroxyl groups is 1. The quantitative estimate of drug-likeness (QED) is 0.787. The molecule has 72 valence electrons. The number of aliphatic hydroxyl groups excluding tert-OH is 1. The number of nitrogens with zero attached hydrogens (tertiary/aromatic N) is 1. The Morgan fingerprint density at radius 1 is 1.36 bits per heavy atom. The zero-order valence-electron chi connectivity index (χ0n) is 7.90. The van der Waals surface area contributed by atoms with Gasteiger partial charge in [-0.3, -0.25) is 4.98 Å². The number of furan rings is 1. The second-order valence-corrected chi connectivity index (χ2v) is 3.18. The molecule has 3 nitrogen and oxygen atoms in total. The van der Waals surface area contributed by atoms with Gasteiger partial charge in [-0.2, -0.15) is 0 Å². The van der Waals surface area contributed by atoms with E-state index in [1.54, 1.807) is 18.5 Å². The summed E-state index contributed by atoms with van der Waals surface area (Å²) < 4.78 is 5.38. The number of aromatic nitrogens is 1. The third kappa shape index (κ3) is 1.67. The van der Waals surface area contributed by atoms with Crippen molar-refractivity contribution in [2.24, 2.45) is 0 Å². The molecule has 0 saturated carbocycles. The van der Waals surface area contributed by atoms with E-state index in [1.807, 2.05) is 19.1 Å². The van der Waals surface area contributed by atoms with Crippen LogP contribution in [0.2, 0.25) is 0 Å². The average molecular weight is 189 g/mol. The van der Waals surface area contributed by atoms with Crippen LogP contribution in [0.4, 0.5) is 0 Å². The lowest BCUT2D eigenvalue weighted by atomic mass is 10.2. The smallest absolute Gasteiger partial charge is 0.135 e. The molecule has 3 heteroatoms. The molecular weight excluding hydrogens is 178 g/mol. The summed E-state index contributed by atoms with van der Waals surface area (Å²) in [7, 11) is 0. The Morgan fingerprint density at radius 2 is 2.21 bits per heavy atom. The maximum Gasteiger partial charge on any atom is 0.135 e. The van der Waals surface area contributed by atoms with Crippen molar-refractivity contribution in [2.45, 2.75) is 13.5 Å². The summed E-state index contributed by atoms with van der Waals surface area (Å²) in [6.45, 7) is 1.91. The number of aryl methyl sites for hydroxylation is 1. The zero-order chi connectivity index (χ0) is 9.97. The maximum atomic E-state index is 8.84. The predicted molar refractivity (Wildman–Crippen MR) is 52.6 cm³/mol. The molecule has 2 aromatic heterocycles. The van der Waals surface area contributed by atoms with Gasteiger partial charge in [0.15, 0.2) is 0 Å². The lowest BCUT2D eigenvalue weighted by Gasteiger charge is -1.97. The van der Waals surface area contributed by atoms with Gasteiger partial charge in [0.2, 0.25) is 0 Å². The van der Waals surface area contributed by atoms with Crippen molar-refractivity contribution in [2.75, 3.05) is 0 Å². The van der Waals surface area contributed by atoms with Crippen LogP contribution in [0.25, 0.3) is 11.3 Å². The molecule has 0 saturated heterocycles. The van der Waals surface area contributed by atoms with Crippen molar-refractivity contribution in [1.82, 2.24) is 4.98 Å². The lowest BCUT2D eigenvalue weighted by molar-refractivity contribution is 0.248. The minimum Gasteiger partial charge on any atom is -0.459 e. The highest BCUT2D eigenvalue weighted by Crippen LogP contribution is 2.21. The normalized spacial score (nSPS) is 10.4.